The van der Waals surface area contributed by atoms with Crippen molar-refractivity contribution in [3.05, 3.63) is 61.4 Å². The molecule has 1 N–H and O–H groups in total. The average molecular weight is 396 g/mol. The van der Waals surface area contributed by atoms with Crippen molar-refractivity contribution >= 4 is 39.1 Å². The molecule has 2 aromatic rings. The lowest BCUT2D eigenvalue weighted by Crippen LogP contribution is -2.46. The highest BCUT2D eigenvalue weighted by Crippen LogP contribution is 2.36. The van der Waals surface area contributed by atoms with Crippen molar-refractivity contribution in [2.45, 2.75) is 32.2 Å². The Kier molecular flexibility index (Phi) is 4.60. The maximum atomic E-state index is 13.0. The van der Waals surface area contributed by atoms with Gasteiger partial charge in [0.25, 0.3) is 5.91 Å². The second-order valence-corrected chi connectivity index (χ2v) is 7.07. The molecule has 0 bridgehead atoms. The molecule has 120 valence electrons. The van der Waals surface area contributed by atoms with E-state index in [1.165, 1.54) is 12.3 Å². The van der Waals surface area contributed by atoms with E-state index in [-0.39, 0.29) is 22.9 Å². The number of carbonyl (C=O) groups is 1. The number of aryl methyl sites for hydroxylation is 1. The lowest BCUT2D eigenvalue weighted by Gasteiger charge is -2.38. The normalized spacial score (nSPS) is 14.4. The van der Waals surface area contributed by atoms with Gasteiger partial charge < -0.3 is 9.88 Å². The molecule has 0 saturated heterocycles. The Bertz CT molecular complexity index is 814. The Morgan fingerprint density at radius 1 is 1.35 bits per heavy atom. The minimum Gasteiger partial charge on any atom is -0.364 e. The van der Waals surface area contributed by atoms with Crippen LogP contribution in [0.1, 0.15) is 35.3 Å². The number of amides is 1. The first-order valence-electron chi connectivity index (χ1n) is 7.45. The summed E-state index contributed by atoms with van der Waals surface area (Å²) in [7, 11) is 0. The Labute approximate surface area is 147 Å². The van der Waals surface area contributed by atoms with Gasteiger partial charge in [0.05, 0.1) is 10.7 Å². The molecule has 0 atom stereocenters. The number of anilines is 1. The largest absolute Gasteiger partial charge is 0.364 e. The zero-order chi connectivity index (χ0) is 16.6. The van der Waals surface area contributed by atoms with Crippen LogP contribution in [0.2, 0.25) is 5.02 Å². The summed E-state index contributed by atoms with van der Waals surface area (Å²) in [6.07, 6.45) is 4.40. The Hall–Kier alpha value is -1.59. The SMILES string of the molecule is Cc1cc(=O)c(C(=O)N(c2ccc(Br)cc2Cl)C2CCC2)c[nH]1. The molecule has 0 unspecified atom stereocenters. The summed E-state index contributed by atoms with van der Waals surface area (Å²) in [4.78, 5) is 29.8. The van der Waals surface area contributed by atoms with Crippen LogP contribution in [0.15, 0.2) is 39.7 Å². The predicted molar refractivity (Wildman–Crippen MR) is 95.4 cm³/mol. The molecule has 4 nitrogen and oxygen atoms in total. The molecule has 1 aromatic carbocycles. The minimum absolute atomic E-state index is 0.0851. The molecule has 1 saturated carbocycles. The van der Waals surface area contributed by atoms with Crippen LogP contribution in [0.5, 0.6) is 0 Å². The number of rotatable bonds is 3. The predicted octanol–water partition coefficient (Wildman–Crippen LogP) is 4.30. The molecule has 0 aliphatic heterocycles. The van der Waals surface area contributed by atoms with Crippen LogP contribution in [0, 0.1) is 6.92 Å². The van der Waals surface area contributed by atoms with Crippen molar-refractivity contribution < 1.29 is 4.79 Å². The molecule has 0 spiro atoms. The van der Waals surface area contributed by atoms with Crippen LogP contribution in [-0.4, -0.2) is 16.9 Å². The number of aromatic amines is 1. The van der Waals surface area contributed by atoms with Gasteiger partial charge in [-0.1, -0.05) is 27.5 Å². The van der Waals surface area contributed by atoms with Gasteiger partial charge in [0, 0.05) is 28.5 Å². The molecule has 3 rings (SSSR count). The van der Waals surface area contributed by atoms with Crippen molar-refractivity contribution in [2.24, 2.45) is 0 Å². The highest BCUT2D eigenvalue weighted by Gasteiger charge is 2.32. The first-order valence-corrected chi connectivity index (χ1v) is 8.62. The molecular formula is C17H16BrClN2O2. The van der Waals surface area contributed by atoms with Crippen molar-refractivity contribution in [3.63, 3.8) is 0 Å². The van der Waals surface area contributed by atoms with Crippen LogP contribution >= 0.6 is 27.5 Å². The Morgan fingerprint density at radius 3 is 2.65 bits per heavy atom. The third-order valence-corrected chi connectivity index (χ3v) is 4.91. The second kappa shape index (κ2) is 6.49. The van der Waals surface area contributed by atoms with Gasteiger partial charge in [0.15, 0.2) is 5.43 Å². The van der Waals surface area contributed by atoms with Gasteiger partial charge in [0.2, 0.25) is 0 Å². The van der Waals surface area contributed by atoms with Gasteiger partial charge in [-0.2, -0.15) is 0 Å². The maximum absolute atomic E-state index is 13.0. The zero-order valence-corrected chi connectivity index (χ0v) is 14.9. The summed E-state index contributed by atoms with van der Waals surface area (Å²) in [5.74, 6) is -0.305. The van der Waals surface area contributed by atoms with Gasteiger partial charge >= 0.3 is 0 Å². The number of nitrogens with zero attached hydrogens (tertiary/aromatic N) is 1. The number of pyridine rings is 1. The fourth-order valence-corrected chi connectivity index (χ4v) is 3.43. The number of hydrogen-bond donors (Lipinski definition) is 1. The molecular weight excluding hydrogens is 380 g/mol. The van der Waals surface area contributed by atoms with E-state index in [4.69, 9.17) is 11.6 Å². The summed E-state index contributed by atoms with van der Waals surface area (Å²) in [6, 6.07) is 6.94. The standard InChI is InChI=1S/C17H16BrClN2O2/c1-10-7-16(22)13(9-20-10)17(23)21(12-3-2-4-12)15-6-5-11(18)8-14(15)19/h5-9,12H,2-4H2,1H3,(H,20,22). The topological polar surface area (TPSA) is 53.2 Å². The van der Waals surface area contributed by atoms with Crippen molar-refractivity contribution in [2.75, 3.05) is 4.90 Å². The highest BCUT2D eigenvalue weighted by atomic mass is 79.9. The fourth-order valence-electron chi connectivity index (χ4n) is 2.66. The van der Waals surface area contributed by atoms with Gasteiger partial charge in [-0.3, -0.25) is 9.59 Å². The Morgan fingerprint density at radius 2 is 2.09 bits per heavy atom. The molecule has 1 heterocycles. The smallest absolute Gasteiger partial charge is 0.264 e. The molecule has 1 aliphatic rings. The van der Waals surface area contributed by atoms with Crippen molar-refractivity contribution in [1.82, 2.24) is 4.98 Å². The molecule has 1 fully saturated rings. The van der Waals surface area contributed by atoms with E-state index < -0.39 is 0 Å². The molecule has 1 aromatic heterocycles. The summed E-state index contributed by atoms with van der Waals surface area (Å²) < 4.78 is 0.848. The van der Waals surface area contributed by atoms with Crippen LogP contribution in [-0.2, 0) is 0 Å². The number of hydrogen-bond acceptors (Lipinski definition) is 2. The van der Waals surface area contributed by atoms with Crippen molar-refractivity contribution in [1.29, 1.82) is 0 Å². The molecule has 0 radical (unpaired) electrons. The van der Waals surface area contributed by atoms with E-state index in [0.29, 0.717) is 10.7 Å². The average Bonchev–Trinajstić information content (AvgIpc) is 2.43. The van der Waals surface area contributed by atoms with Crippen LogP contribution in [0.25, 0.3) is 0 Å². The fraction of sp³-hybridized carbons (Fsp3) is 0.294. The molecule has 6 heteroatoms. The number of nitrogens with one attached hydrogen (secondary N) is 1. The molecule has 1 amide bonds. The second-order valence-electron chi connectivity index (χ2n) is 5.75. The van der Waals surface area contributed by atoms with Crippen molar-refractivity contribution in [3.8, 4) is 0 Å². The number of halogens is 2. The van der Waals surface area contributed by atoms with E-state index in [1.54, 1.807) is 17.9 Å². The quantitative estimate of drug-likeness (QED) is 0.842. The molecule has 23 heavy (non-hydrogen) atoms. The van der Waals surface area contributed by atoms with Gasteiger partial charge in [-0.05, 0) is 44.4 Å². The third kappa shape index (κ3) is 3.21. The highest BCUT2D eigenvalue weighted by molar-refractivity contribution is 9.10. The summed E-state index contributed by atoms with van der Waals surface area (Å²) in [6.45, 7) is 1.78. The van der Waals surface area contributed by atoms with Gasteiger partial charge in [-0.15, -0.1) is 0 Å². The lowest BCUT2D eigenvalue weighted by molar-refractivity contribution is 0.0962. The van der Waals surface area contributed by atoms with E-state index in [2.05, 4.69) is 20.9 Å². The third-order valence-electron chi connectivity index (χ3n) is 4.12. The van der Waals surface area contributed by atoms with Crippen LogP contribution < -0.4 is 10.3 Å². The first kappa shape index (κ1) is 16.3. The van der Waals surface area contributed by atoms with E-state index >= 15 is 0 Å². The number of H-pyrrole nitrogens is 1. The van der Waals surface area contributed by atoms with Crippen LogP contribution in [0.3, 0.4) is 0 Å². The monoisotopic (exact) mass is 394 g/mol. The summed E-state index contributed by atoms with van der Waals surface area (Å²) in [5, 5.41) is 0.489. The summed E-state index contributed by atoms with van der Waals surface area (Å²) in [5.41, 5.74) is 1.23. The first-order chi connectivity index (χ1) is 11.0. The van der Waals surface area contributed by atoms with Crippen LogP contribution in [0.4, 0.5) is 5.69 Å². The number of aromatic nitrogens is 1. The number of benzene rings is 1. The van der Waals surface area contributed by atoms with Gasteiger partial charge in [0.1, 0.15) is 5.56 Å². The number of carbonyl (C=O) groups excluding carboxylic acids is 1. The lowest BCUT2D eigenvalue weighted by atomic mass is 9.90. The van der Waals surface area contributed by atoms with E-state index in [0.717, 1.165) is 29.4 Å². The molecule has 1 aliphatic carbocycles. The zero-order valence-electron chi connectivity index (χ0n) is 12.6. The summed E-state index contributed by atoms with van der Waals surface area (Å²) >= 11 is 9.71. The van der Waals surface area contributed by atoms with E-state index in [1.807, 2.05) is 12.1 Å². The maximum Gasteiger partial charge on any atom is 0.264 e. The Balaban J connectivity index is 2.05. The van der Waals surface area contributed by atoms with Gasteiger partial charge in [-0.25, -0.2) is 0 Å². The van der Waals surface area contributed by atoms with E-state index in [9.17, 15) is 9.59 Å². The minimum atomic E-state index is -0.305.